The van der Waals surface area contributed by atoms with Gasteiger partial charge < -0.3 is 29.9 Å². The monoisotopic (exact) mass is 1020 g/mol. The van der Waals surface area contributed by atoms with Crippen LogP contribution >= 0.6 is 0 Å². The van der Waals surface area contributed by atoms with E-state index >= 15 is 0 Å². The first-order valence-electron chi connectivity index (χ1n) is 24.7. The van der Waals surface area contributed by atoms with Crippen LogP contribution in [-0.4, -0.2) is 107 Å². The smallest absolute Gasteiger partial charge is 0.194 e. The fourth-order valence-corrected chi connectivity index (χ4v) is 10.0. The summed E-state index contributed by atoms with van der Waals surface area (Å²) in [5.74, 6) is 5.20. The zero-order chi connectivity index (χ0) is 53.2. The molecule has 4 aromatic carbocycles. The van der Waals surface area contributed by atoms with Gasteiger partial charge in [-0.1, -0.05) is 23.7 Å². The largest absolute Gasteiger partial charge is 0.497 e. The standard InChI is InChI=1S/2C29H31F3N2O3/c1-19-17-33-26-6-5-21(37-2)16-23(26)28(19)27(36)7-8-29(18-35)9-12-34(13-10-29)11-3-4-22-24(31)14-20(30)15-25(22)32;1-19-17-33-25-6-5-21(37-2)16-22(25)27(19)26(36)7-8-29(18-35)9-12-34(13-10-29)11-3-4-20-14-23(30)28(32)24(31)15-20/h5-6,14-17,27,35-36H,7-13,18H2,1-2H3;5-6,14-17,26,35-36H,7-13,18H2,1-2H3/t27-;26-/m11/s1. The van der Waals surface area contributed by atoms with Crippen molar-refractivity contribution in [3.63, 3.8) is 0 Å². The lowest BCUT2D eigenvalue weighted by atomic mass is 9.74. The van der Waals surface area contributed by atoms with Crippen molar-refractivity contribution in [2.75, 3.05) is 66.7 Å². The van der Waals surface area contributed by atoms with Crippen molar-refractivity contribution in [2.24, 2.45) is 10.8 Å². The molecule has 2 aliphatic rings. The second-order valence-electron chi connectivity index (χ2n) is 19.6. The molecule has 0 spiro atoms. The summed E-state index contributed by atoms with van der Waals surface area (Å²) in [4.78, 5) is 13.1. The van der Waals surface area contributed by atoms with Crippen LogP contribution in [-0.2, 0) is 0 Å². The molecule has 0 saturated carbocycles. The molecule has 2 atom stereocenters. The molecular formula is C58H62F6N4O6. The lowest BCUT2D eigenvalue weighted by Gasteiger charge is -2.40. The number of benzene rings is 4. The van der Waals surface area contributed by atoms with Gasteiger partial charge in [-0.05, 0) is 173 Å². The molecular weight excluding hydrogens is 963 g/mol. The van der Waals surface area contributed by atoms with Crippen LogP contribution in [0.3, 0.4) is 0 Å². The molecule has 0 amide bonds. The zero-order valence-electron chi connectivity index (χ0n) is 42.1. The Hall–Kier alpha value is -6.24. The predicted molar refractivity (Wildman–Crippen MR) is 271 cm³/mol. The van der Waals surface area contributed by atoms with Gasteiger partial charge >= 0.3 is 0 Å². The number of aliphatic hydroxyl groups excluding tert-OH is 4. The van der Waals surface area contributed by atoms with Crippen LogP contribution in [0.15, 0.2) is 73.1 Å². The van der Waals surface area contributed by atoms with Crippen molar-refractivity contribution in [2.45, 2.75) is 77.4 Å². The minimum absolute atomic E-state index is 0.00907. The number of ether oxygens (including phenoxy) is 2. The molecule has 16 heteroatoms. The lowest BCUT2D eigenvalue weighted by Crippen LogP contribution is -2.42. The third kappa shape index (κ3) is 13.3. The van der Waals surface area contributed by atoms with Crippen molar-refractivity contribution in [3.8, 4) is 35.2 Å². The molecule has 2 aliphatic heterocycles. The van der Waals surface area contributed by atoms with E-state index in [1.807, 2.05) is 50.2 Å². The Bertz CT molecular complexity index is 3020. The van der Waals surface area contributed by atoms with Crippen LogP contribution in [0.4, 0.5) is 26.3 Å². The number of nitrogens with zero attached hydrogens (tertiary/aromatic N) is 4. The summed E-state index contributed by atoms with van der Waals surface area (Å²) in [5, 5.41) is 44.6. The molecule has 6 aromatic rings. The van der Waals surface area contributed by atoms with Crippen LogP contribution in [0.2, 0.25) is 0 Å². The summed E-state index contributed by atoms with van der Waals surface area (Å²) in [6.45, 7) is 7.32. The number of aryl methyl sites for hydroxylation is 2. The number of piperidine rings is 2. The molecule has 2 aromatic heterocycles. The number of pyridine rings is 2. The van der Waals surface area contributed by atoms with Crippen LogP contribution in [0.1, 0.15) is 97.0 Å². The van der Waals surface area contributed by atoms with E-state index in [0.717, 1.165) is 69.0 Å². The van der Waals surface area contributed by atoms with E-state index in [1.165, 1.54) is 0 Å². The molecule has 10 nitrogen and oxygen atoms in total. The number of hydrogen-bond donors (Lipinski definition) is 4. The number of fused-ring (bicyclic) bond motifs is 2. The van der Waals surface area contributed by atoms with Crippen LogP contribution < -0.4 is 9.47 Å². The number of halogens is 6. The summed E-state index contributed by atoms with van der Waals surface area (Å²) in [6, 6.07) is 14.2. The minimum atomic E-state index is -1.50. The molecule has 2 fully saturated rings. The number of likely N-dealkylation sites (tertiary alicyclic amines) is 2. The predicted octanol–water partition coefficient (Wildman–Crippen LogP) is 9.82. The number of hydrogen-bond acceptors (Lipinski definition) is 10. The lowest BCUT2D eigenvalue weighted by molar-refractivity contribution is 0.0272. The molecule has 4 heterocycles. The van der Waals surface area contributed by atoms with Crippen LogP contribution in [0.25, 0.3) is 21.8 Å². The van der Waals surface area contributed by atoms with Crippen molar-refractivity contribution < 1.29 is 56.2 Å². The van der Waals surface area contributed by atoms with E-state index in [-0.39, 0.29) is 29.6 Å². The van der Waals surface area contributed by atoms with Gasteiger partial charge in [0.05, 0.1) is 56.1 Å². The zero-order valence-corrected chi connectivity index (χ0v) is 42.1. The quantitative estimate of drug-likeness (QED) is 0.0475. The minimum Gasteiger partial charge on any atom is -0.497 e. The molecule has 8 rings (SSSR count). The van der Waals surface area contributed by atoms with Crippen molar-refractivity contribution >= 4 is 21.8 Å². The Labute approximate surface area is 428 Å². The van der Waals surface area contributed by atoms with Gasteiger partial charge in [0.2, 0.25) is 0 Å². The fourth-order valence-electron chi connectivity index (χ4n) is 10.0. The molecule has 392 valence electrons. The first-order valence-corrected chi connectivity index (χ1v) is 24.7. The van der Waals surface area contributed by atoms with E-state index in [9.17, 15) is 46.8 Å². The molecule has 2 saturated heterocycles. The maximum absolute atomic E-state index is 13.8. The average Bonchev–Trinajstić information content (AvgIpc) is 3.40. The highest BCUT2D eigenvalue weighted by molar-refractivity contribution is 5.85. The van der Waals surface area contributed by atoms with Crippen LogP contribution in [0, 0.1) is 83.3 Å². The van der Waals surface area contributed by atoms with Gasteiger partial charge in [-0.3, -0.25) is 19.8 Å². The highest BCUT2D eigenvalue weighted by Gasteiger charge is 2.36. The SMILES string of the molecule is COc1ccc2ncc(C)c([C@H](O)CCC3(CO)CCN(CC#Cc4c(F)cc(F)cc4F)CC3)c2c1.COc1ccc2ncc(C)c([C@H](O)CCC3(CO)CCN(CC#Cc4cc(F)c(F)c(F)c4)CC3)c2c1. The van der Waals surface area contributed by atoms with Gasteiger partial charge in [0, 0.05) is 54.1 Å². The topological polar surface area (TPSA) is 132 Å². The van der Waals surface area contributed by atoms with E-state index in [0.29, 0.717) is 101 Å². The second-order valence-corrected chi connectivity index (χ2v) is 19.6. The van der Waals surface area contributed by atoms with Gasteiger partial charge in [-0.15, -0.1) is 0 Å². The molecule has 74 heavy (non-hydrogen) atoms. The molecule has 0 unspecified atom stereocenters. The van der Waals surface area contributed by atoms with Gasteiger partial charge in [-0.2, -0.15) is 0 Å². The number of aromatic nitrogens is 2. The Morgan fingerprint density at radius 2 is 1.01 bits per heavy atom. The van der Waals surface area contributed by atoms with Gasteiger partial charge in [0.1, 0.15) is 29.0 Å². The maximum atomic E-state index is 13.8. The van der Waals surface area contributed by atoms with Gasteiger partial charge in [-0.25, -0.2) is 26.3 Å². The van der Waals surface area contributed by atoms with E-state index in [1.54, 1.807) is 26.6 Å². The highest BCUT2D eigenvalue weighted by Crippen LogP contribution is 2.41. The number of rotatable bonds is 14. The number of aliphatic hydroxyl groups is 4. The summed E-state index contributed by atoms with van der Waals surface area (Å²) < 4.78 is 91.2. The molecule has 4 N–H and O–H groups in total. The van der Waals surface area contributed by atoms with E-state index < -0.39 is 52.7 Å². The summed E-state index contributed by atoms with van der Waals surface area (Å²) in [6.07, 6.45) is 7.29. The van der Waals surface area contributed by atoms with Crippen molar-refractivity contribution in [1.29, 1.82) is 0 Å². The van der Waals surface area contributed by atoms with Gasteiger partial charge in [0.15, 0.2) is 17.5 Å². The number of methoxy groups -OCH3 is 2. The third-order valence-corrected chi connectivity index (χ3v) is 14.7. The normalized spacial score (nSPS) is 16.3. The maximum Gasteiger partial charge on any atom is 0.194 e. The first-order chi connectivity index (χ1) is 35.5. The summed E-state index contributed by atoms with van der Waals surface area (Å²) in [7, 11) is 3.20. The molecule has 0 bridgehead atoms. The summed E-state index contributed by atoms with van der Waals surface area (Å²) in [5.41, 5.74) is 4.05. The van der Waals surface area contributed by atoms with Crippen molar-refractivity contribution in [1.82, 2.24) is 19.8 Å². The van der Waals surface area contributed by atoms with E-state index in [2.05, 4.69) is 43.4 Å². The Morgan fingerprint density at radius 3 is 1.42 bits per heavy atom. The second kappa shape index (κ2) is 24.9. The highest BCUT2D eigenvalue weighted by atomic mass is 19.2. The Balaban J connectivity index is 0.000000216. The van der Waals surface area contributed by atoms with E-state index in [4.69, 9.17) is 9.47 Å². The average molecular weight is 1030 g/mol. The van der Waals surface area contributed by atoms with Gasteiger partial charge in [0.25, 0.3) is 0 Å². The van der Waals surface area contributed by atoms with Crippen LogP contribution in [0.5, 0.6) is 11.5 Å². The molecule has 0 radical (unpaired) electrons. The molecule has 0 aliphatic carbocycles. The summed E-state index contributed by atoms with van der Waals surface area (Å²) >= 11 is 0. The fraction of sp³-hybridized carbons (Fsp3) is 0.414. The first kappa shape index (κ1) is 55.5. The Kier molecular flexibility index (Phi) is 18.6. The van der Waals surface area contributed by atoms with Crippen molar-refractivity contribution in [3.05, 3.63) is 141 Å². The third-order valence-electron chi connectivity index (χ3n) is 14.7. The Morgan fingerprint density at radius 1 is 0.595 bits per heavy atom.